The second-order valence-corrected chi connectivity index (χ2v) is 33.4. The van der Waals surface area contributed by atoms with Gasteiger partial charge >= 0.3 is 22.1 Å². The molecule has 1 aliphatic rings. The second kappa shape index (κ2) is 48.3. The highest BCUT2D eigenvalue weighted by Crippen LogP contribution is 2.40. The van der Waals surface area contributed by atoms with Crippen molar-refractivity contribution in [3.05, 3.63) is 308 Å². The fourth-order valence-electron chi connectivity index (χ4n) is 11.4. The predicted molar refractivity (Wildman–Crippen MR) is 484 cm³/mol. The van der Waals surface area contributed by atoms with Gasteiger partial charge in [-0.15, -0.1) is 23.5 Å². The highest BCUT2D eigenvalue weighted by Gasteiger charge is 2.51. The fraction of sp³-hybridized carbons (Fsp3) is 0.202. The van der Waals surface area contributed by atoms with Gasteiger partial charge in [-0.1, -0.05) is 96.3 Å². The molecule has 3 heterocycles. The number of aromatic nitrogens is 2. The van der Waals surface area contributed by atoms with E-state index in [2.05, 4.69) is 107 Å². The SMILES string of the molecule is C.C.CC1(C)C(=O)N(Cl)C(=O)N1Cl.CCN(CC)CC.CCOC(=O)/C=C/c1cc(SCc2ccccc2)ccc1Nc1cc(F)c(Br)cc1OC.COc1cc(Br)c(F)cc1-n1c(=O)ccc2cc(S(=O)(=O)Oc3c(F)c(F)c(F)c(F)c3F)ccc21.COc1cc(Br)c(F)cc1-n1c(=O)ccc2cc(SCc3ccccc3)ccc21.Oc1c(F)c(F)c(F)c(F)c1F. The number of phenols is 1. The van der Waals surface area contributed by atoms with E-state index in [1.165, 1.54) is 113 Å². The maximum atomic E-state index is 14.2. The third kappa shape index (κ3) is 26.3. The molecule has 3 amide bonds. The van der Waals surface area contributed by atoms with E-state index in [0.29, 0.717) is 49.6 Å². The summed E-state index contributed by atoms with van der Waals surface area (Å²) >= 11 is 23.5. The molecule has 129 heavy (non-hydrogen) atoms. The standard InChI is InChI=1S/C25H23BrFNO3S.C23H17BrFNO2S.C22H10BrF6NO5S.C6HF5O.C6H15N.C5H6Cl2N2O2.2CH4/c1-3-31-25(29)12-9-18-13-19(32-16-17-7-5-4-6-8-17)10-11-22(18)28-23-15-21(27)20(26)14-24(23)30-2;1-28-22-12-18(24)19(25)13-21(22)26-20-9-8-17(11-16(20)7-10-23(26)27)29-14-15-5-3-2-4-6-15;1-34-15-7-11(23)12(24)8-14(15)30-13-4-3-10(6-9(13)2-5-16(30)31)36(32,33)35-22-20(28)18(26)17(25)19(27)21(22)29;7-1-2(8)4(10)6(12)5(11)3(1)9;1-4-7(5-2)6-3;1-5(2)3(10)8(6)4(11)9(5)7;;/h4-15,28H,3,16H2,1-2H3;2-13H,14H2,1H3;2-8H,1H3;12H;4-6H2,1-3H3;1-2H3;2*1H4/b12-9+;;;;;;;. The van der Waals surface area contributed by atoms with Gasteiger partial charge in [-0.05, 0) is 201 Å². The van der Waals surface area contributed by atoms with Crippen molar-refractivity contribution in [3.8, 4) is 40.1 Å². The van der Waals surface area contributed by atoms with Crippen molar-refractivity contribution < 1.29 is 108 Å². The molecule has 0 bridgehead atoms. The van der Waals surface area contributed by atoms with Crippen LogP contribution in [-0.4, -0.2) is 107 Å². The molecule has 10 aromatic carbocycles. The minimum Gasteiger partial charge on any atom is -0.503 e. The molecule has 1 saturated heterocycles. The number of nitrogens with zero attached hydrogens (tertiary/aromatic N) is 5. The number of urea groups is 1. The first kappa shape index (κ1) is 107. The highest BCUT2D eigenvalue weighted by molar-refractivity contribution is 9.11. The van der Waals surface area contributed by atoms with Gasteiger partial charge in [0, 0.05) is 92.3 Å². The Kier molecular flexibility index (Phi) is 40.1. The Labute approximate surface area is 777 Å². The van der Waals surface area contributed by atoms with Gasteiger partial charge in [0.15, 0.2) is 5.75 Å². The van der Waals surface area contributed by atoms with Crippen LogP contribution in [-0.2, 0) is 35.9 Å². The zero-order chi connectivity index (χ0) is 93.8. The van der Waals surface area contributed by atoms with Crippen LogP contribution in [0, 0.1) is 75.6 Å². The number of fused-ring (bicyclic) bond motifs is 2. The Morgan fingerprint density at radius 2 is 0.922 bits per heavy atom. The van der Waals surface area contributed by atoms with Crippen molar-refractivity contribution in [1.29, 1.82) is 0 Å². The first-order chi connectivity index (χ1) is 60.1. The zero-order valence-electron chi connectivity index (χ0n) is 67.8. The summed E-state index contributed by atoms with van der Waals surface area (Å²) in [6, 6.07) is 48.0. The molecule has 13 rings (SSSR count). The number of pyridine rings is 2. The molecule has 0 radical (unpaired) electrons. The van der Waals surface area contributed by atoms with Gasteiger partial charge in [0.25, 0.3) is 17.0 Å². The average molecular weight is 2100 g/mol. The van der Waals surface area contributed by atoms with E-state index in [-0.39, 0.29) is 51.7 Å². The lowest BCUT2D eigenvalue weighted by Crippen LogP contribution is -2.38. The van der Waals surface area contributed by atoms with Crippen molar-refractivity contribution in [3.63, 3.8) is 0 Å². The summed E-state index contributed by atoms with van der Waals surface area (Å²) in [6.45, 7) is 15.2. The second-order valence-electron chi connectivity index (χ2n) is 26.5. The van der Waals surface area contributed by atoms with E-state index in [1.807, 2.05) is 72.8 Å². The first-order valence-corrected chi connectivity index (χ1v) is 43.5. The maximum absolute atomic E-state index is 14.2. The topological polar surface area (TPSA) is 217 Å². The Morgan fingerprint density at radius 3 is 1.33 bits per heavy atom. The van der Waals surface area contributed by atoms with Gasteiger partial charge in [-0.2, -0.15) is 30.4 Å². The molecule has 688 valence electrons. The number of nitrogens with one attached hydrogen (secondary N) is 1. The molecule has 0 saturated carbocycles. The van der Waals surface area contributed by atoms with Crippen LogP contribution < -0.4 is 34.8 Å². The van der Waals surface area contributed by atoms with Gasteiger partial charge in [0.05, 0.1) is 69.4 Å². The Morgan fingerprint density at radius 1 is 0.512 bits per heavy atom. The number of anilines is 2. The molecular weight excluding hydrogens is 2010 g/mol. The van der Waals surface area contributed by atoms with Crippen LogP contribution in [0.25, 0.3) is 39.3 Å². The van der Waals surface area contributed by atoms with E-state index < -0.39 is 131 Å². The van der Waals surface area contributed by atoms with Crippen LogP contribution in [0.1, 0.15) is 73.1 Å². The van der Waals surface area contributed by atoms with E-state index in [0.717, 1.165) is 71.6 Å². The summed E-state index contributed by atoms with van der Waals surface area (Å²) in [4.78, 5) is 62.9. The number of esters is 1. The summed E-state index contributed by atoms with van der Waals surface area (Å²) < 4.78 is 226. The highest BCUT2D eigenvalue weighted by atomic mass is 79.9. The third-order valence-corrected chi connectivity index (χ3v) is 24.1. The lowest BCUT2D eigenvalue weighted by Gasteiger charge is -2.18. The van der Waals surface area contributed by atoms with E-state index in [9.17, 15) is 89.5 Å². The Hall–Kier alpha value is -10.7. The summed E-state index contributed by atoms with van der Waals surface area (Å²) in [5.41, 5.74) is 3.59. The van der Waals surface area contributed by atoms with Gasteiger partial charge in [-0.3, -0.25) is 23.5 Å². The molecule has 19 nitrogen and oxygen atoms in total. The molecule has 2 N–H and O–H groups in total. The van der Waals surface area contributed by atoms with Crippen molar-refractivity contribution >= 4 is 162 Å². The summed E-state index contributed by atoms with van der Waals surface area (Å²) in [5, 5.41) is 12.5. The Bertz CT molecular complexity index is 6200. The van der Waals surface area contributed by atoms with Gasteiger partial charge < -0.3 is 38.5 Å². The number of carbonyl (C=O) groups excluding carboxylic acids is 3. The predicted octanol–water partition coefficient (Wildman–Crippen LogP) is 24.8. The molecule has 0 aliphatic carbocycles. The molecule has 1 fully saturated rings. The number of ether oxygens (including phenoxy) is 4. The Balaban J connectivity index is 0.000000256. The number of benzene rings is 10. The maximum Gasteiger partial charge on any atom is 0.357 e. The summed E-state index contributed by atoms with van der Waals surface area (Å²) in [7, 11) is -0.823. The van der Waals surface area contributed by atoms with Crippen LogP contribution in [0.15, 0.2) is 220 Å². The van der Waals surface area contributed by atoms with Crippen LogP contribution in [0.3, 0.4) is 0 Å². The quantitative estimate of drug-likeness (QED) is 0.00742. The van der Waals surface area contributed by atoms with Crippen molar-refractivity contribution in [2.75, 3.05) is 52.9 Å². The summed E-state index contributed by atoms with van der Waals surface area (Å²) in [6.07, 6.45) is 3.07. The van der Waals surface area contributed by atoms with Crippen LogP contribution in [0.5, 0.6) is 28.7 Å². The number of methoxy groups -OCH3 is 3. The number of hydrogen-bond donors (Lipinski definition) is 2. The number of aromatic hydroxyl groups is 1. The minimum atomic E-state index is -5.12. The lowest BCUT2D eigenvalue weighted by molar-refractivity contribution is -0.137. The van der Waals surface area contributed by atoms with Crippen LogP contribution >= 0.6 is 94.9 Å². The largest absolute Gasteiger partial charge is 0.503 e. The number of thioether (sulfide) groups is 2. The normalized spacial score (nSPS) is 11.9. The minimum absolute atomic E-state index is 0. The average Bonchev–Trinajstić information content (AvgIpc) is 1.45. The smallest absolute Gasteiger partial charge is 0.357 e. The van der Waals surface area contributed by atoms with E-state index in [1.54, 1.807) is 48.7 Å². The van der Waals surface area contributed by atoms with Crippen LogP contribution in [0.4, 0.5) is 73.2 Å². The van der Waals surface area contributed by atoms with Crippen molar-refractivity contribution in [2.45, 2.75) is 88.1 Å². The fourth-order valence-corrected chi connectivity index (χ4v) is 15.6. The summed E-state index contributed by atoms with van der Waals surface area (Å²) in [5.74, 6) is -27.0. The first-order valence-electron chi connectivity index (χ1n) is 37.0. The van der Waals surface area contributed by atoms with Gasteiger partial charge in [-0.25, -0.2) is 53.5 Å². The van der Waals surface area contributed by atoms with Crippen molar-refractivity contribution in [1.82, 2.24) is 22.9 Å². The molecule has 12 aromatic rings. The number of halogens is 18. The number of amides is 3. The van der Waals surface area contributed by atoms with E-state index in [4.69, 9.17) is 47.6 Å². The number of rotatable bonds is 22. The van der Waals surface area contributed by atoms with Gasteiger partial charge in [0.2, 0.25) is 63.9 Å². The van der Waals surface area contributed by atoms with Crippen molar-refractivity contribution in [2.24, 2.45) is 0 Å². The molecular formula is C89H80Br3Cl2F13N6O13S3. The number of carbonyl (C=O) groups is 3. The van der Waals surface area contributed by atoms with E-state index >= 15 is 0 Å². The van der Waals surface area contributed by atoms with Crippen LogP contribution in [0.2, 0.25) is 0 Å². The third-order valence-electron chi connectivity index (χ3n) is 18.1. The molecule has 40 heteroatoms. The molecule has 1 aliphatic heterocycles. The zero-order valence-corrected chi connectivity index (χ0v) is 76.5. The molecule has 0 atom stereocenters. The monoisotopic (exact) mass is 2090 g/mol. The lowest BCUT2D eigenvalue weighted by atomic mass is 10.1. The van der Waals surface area contributed by atoms with Gasteiger partial charge in [0.1, 0.15) is 45.1 Å². The molecule has 0 unspecified atom stereocenters. The number of hydrogen-bond acceptors (Lipinski definition) is 17. The number of imide groups is 1. The number of phenolic OH excluding ortho intramolecular Hbond substituents is 1. The molecule has 2 aromatic heterocycles. The molecule has 0 spiro atoms.